The Kier molecular flexibility index (Phi) is 8.30. The predicted octanol–water partition coefficient (Wildman–Crippen LogP) is 7.82. The molecule has 0 aliphatic heterocycles. The quantitative estimate of drug-likeness (QED) is 0.199. The van der Waals surface area contributed by atoms with Crippen LogP contribution in [0.5, 0.6) is 5.88 Å². The number of fused-ring (bicyclic) bond motifs is 1. The number of aliphatic carboxylic acids is 1. The first-order chi connectivity index (χ1) is 19.5. The molecule has 0 bridgehead atoms. The second-order valence-electron chi connectivity index (χ2n) is 9.83. The van der Waals surface area contributed by atoms with Crippen LogP contribution in [0.3, 0.4) is 0 Å². The molecule has 2 aromatic carbocycles. The summed E-state index contributed by atoms with van der Waals surface area (Å²) < 4.78 is 63.0. The molecule has 0 fully saturated rings. The maximum absolute atomic E-state index is 14.5. The van der Waals surface area contributed by atoms with E-state index < -0.39 is 30.1 Å². The molecule has 0 saturated heterocycles. The van der Waals surface area contributed by atoms with E-state index in [-0.39, 0.29) is 27.9 Å². The molecule has 12 heteroatoms. The minimum absolute atomic E-state index is 0.130. The van der Waals surface area contributed by atoms with E-state index in [0.717, 1.165) is 29.7 Å². The van der Waals surface area contributed by atoms with Gasteiger partial charge in [0.1, 0.15) is 22.9 Å². The van der Waals surface area contributed by atoms with E-state index in [1.165, 1.54) is 48.0 Å². The molecule has 2 heterocycles. The van der Waals surface area contributed by atoms with Gasteiger partial charge in [-0.1, -0.05) is 35.9 Å². The highest BCUT2D eigenvalue weighted by Crippen LogP contribution is 2.45. The van der Waals surface area contributed by atoms with Crippen molar-refractivity contribution in [3.8, 4) is 17.0 Å². The minimum Gasteiger partial charge on any atom is -0.480 e. The van der Waals surface area contributed by atoms with Crippen molar-refractivity contribution in [3.63, 3.8) is 0 Å². The Morgan fingerprint density at radius 2 is 1.93 bits per heavy atom. The van der Waals surface area contributed by atoms with Gasteiger partial charge in [0.25, 0.3) is 0 Å². The van der Waals surface area contributed by atoms with Crippen LogP contribution < -0.4 is 10.5 Å². The van der Waals surface area contributed by atoms with Crippen molar-refractivity contribution in [2.24, 2.45) is 11.7 Å². The number of alkyl halides is 3. The molecule has 0 radical (unpaired) electrons. The number of ether oxygens (including phenoxy) is 1. The number of carbonyl (C=O) groups is 1. The third-order valence-corrected chi connectivity index (χ3v) is 8.26. The SMILES string of the molecule is NC(CC1CC=C(c2csc3c(OC(c4ccc(Cl)cc4-c4ccc(F)cc4)C(F)(F)F)ncnc23)CC1)C(=O)O. The van der Waals surface area contributed by atoms with Gasteiger partial charge in [-0.05, 0) is 72.6 Å². The number of aromatic nitrogens is 2. The summed E-state index contributed by atoms with van der Waals surface area (Å²) in [6.45, 7) is 0. The van der Waals surface area contributed by atoms with Crippen LogP contribution in [0.4, 0.5) is 17.6 Å². The Balaban J connectivity index is 1.47. The third-order valence-electron chi connectivity index (χ3n) is 7.07. The first kappa shape index (κ1) is 29.0. The zero-order chi connectivity index (χ0) is 29.3. The Bertz CT molecular complexity index is 1610. The van der Waals surface area contributed by atoms with Gasteiger partial charge in [-0.2, -0.15) is 13.2 Å². The lowest BCUT2D eigenvalue weighted by molar-refractivity contribution is -0.198. The van der Waals surface area contributed by atoms with Gasteiger partial charge in [0.05, 0.1) is 5.52 Å². The van der Waals surface area contributed by atoms with Crippen molar-refractivity contribution in [1.82, 2.24) is 9.97 Å². The number of allylic oxidation sites excluding steroid dienone is 2. The Morgan fingerprint density at radius 1 is 1.17 bits per heavy atom. The van der Waals surface area contributed by atoms with Gasteiger partial charge in [-0.25, -0.2) is 14.4 Å². The fourth-order valence-corrected chi connectivity index (χ4v) is 6.15. The third kappa shape index (κ3) is 6.37. The van der Waals surface area contributed by atoms with Gasteiger partial charge < -0.3 is 15.6 Å². The number of thiophene rings is 1. The normalized spacial score (nSPS) is 17.2. The summed E-state index contributed by atoms with van der Waals surface area (Å²) in [7, 11) is 0. The molecule has 2 aromatic heterocycles. The second kappa shape index (κ2) is 11.8. The molecule has 3 atom stereocenters. The van der Waals surface area contributed by atoms with Crippen molar-refractivity contribution >= 4 is 44.7 Å². The topological polar surface area (TPSA) is 98.3 Å². The lowest BCUT2D eigenvalue weighted by Crippen LogP contribution is -2.32. The summed E-state index contributed by atoms with van der Waals surface area (Å²) in [5.41, 5.74) is 8.22. The van der Waals surface area contributed by atoms with Crippen LogP contribution >= 0.6 is 22.9 Å². The molecular weight excluding hydrogens is 582 g/mol. The van der Waals surface area contributed by atoms with Crippen molar-refractivity contribution in [2.75, 3.05) is 0 Å². The number of halogens is 5. The molecule has 4 aromatic rings. The second-order valence-corrected chi connectivity index (χ2v) is 11.2. The monoisotopic (exact) mass is 605 g/mol. The standard InChI is InChI=1S/C29H24ClF4N3O3S/c30-18-7-10-20(21(12-18)16-5-8-19(31)9-6-16)26(29(32,33)34)40-27-25-24(36-14-37-27)22(13-41-25)17-3-1-15(2-4-17)11-23(35)28(38)39/h3,5-10,12-15,23,26H,1-2,4,11,35H2,(H,38,39). The number of nitrogens with two attached hydrogens (primary N) is 1. The molecule has 6 nitrogen and oxygen atoms in total. The number of hydrogen-bond donors (Lipinski definition) is 2. The summed E-state index contributed by atoms with van der Waals surface area (Å²) in [6.07, 6.45) is -1.64. The van der Waals surface area contributed by atoms with Crippen LogP contribution in [0.2, 0.25) is 5.02 Å². The summed E-state index contributed by atoms with van der Waals surface area (Å²) in [5.74, 6) is -1.64. The van der Waals surface area contributed by atoms with E-state index in [4.69, 9.17) is 27.2 Å². The maximum atomic E-state index is 14.5. The molecule has 3 N–H and O–H groups in total. The minimum atomic E-state index is -4.82. The number of hydrogen-bond acceptors (Lipinski definition) is 6. The van der Waals surface area contributed by atoms with Crippen LogP contribution in [0, 0.1) is 11.7 Å². The van der Waals surface area contributed by atoms with Crippen LogP contribution in [0.1, 0.15) is 42.9 Å². The van der Waals surface area contributed by atoms with Crippen molar-refractivity contribution < 1.29 is 32.2 Å². The molecule has 5 rings (SSSR count). The maximum Gasteiger partial charge on any atom is 0.429 e. The molecule has 0 spiro atoms. The predicted molar refractivity (Wildman–Crippen MR) is 149 cm³/mol. The zero-order valence-corrected chi connectivity index (χ0v) is 22.9. The number of carboxylic acids is 1. The molecule has 1 aliphatic carbocycles. The van der Waals surface area contributed by atoms with Gasteiger partial charge in [0.15, 0.2) is 0 Å². The number of rotatable bonds is 8. The van der Waals surface area contributed by atoms with Gasteiger partial charge in [0, 0.05) is 21.5 Å². The van der Waals surface area contributed by atoms with Crippen LogP contribution in [0.15, 0.2) is 60.2 Å². The largest absolute Gasteiger partial charge is 0.480 e. The van der Waals surface area contributed by atoms with E-state index >= 15 is 0 Å². The lowest BCUT2D eigenvalue weighted by Gasteiger charge is -2.24. The number of nitrogens with zero attached hydrogens (tertiary/aromatic N) is 2. The molecule has 1 aliphatic rings. The van der Waals surface area contributed by atoms with Crippen molar-refractivity contribution in [1.29, 1.82) is 0 Å². The summed E-state index contributed by atoms with van der Waals surface area (Å²) >= 11 is 7.31. The molecule has 214 valence electrons. The van der Waals surface area contributed by atoms with Gasteiger partial charge >= 0.3 is 12.1 Å². The summed E-state index contributed by atoms with van der Waals surface area (Å²) in [5, 5.41) is 11.1. The van der Waals surface area contributed by atoms with Gasteiger partial charge in [0.2, 0.25) is 12.0 Å². The van der Waals surface area contributed by atoms with Crippen LogP contribution in [0.25, 0.3) is 26.9 Å². The van der Waals surface area contributed by atoms with Crippen molar-refractivity contribution in [2.45, 2.75) is 44.0 Å². The smallest absolute Gasteiger partial charge is 0.429 e. The average molecular weight is 606 g/mol. The Hall–Kier alpha value is -3.54. The molecule has 3 unspecified atom stereocenters. The van der Waals surface area contributed by atoms with E-state index in [1.54, 1.807) is 0 Å². The lowest BCUT2D eigenvalue weighted by atomic mass is 9.83. The summed E-state index contributed by atoms with van der Waals surface area (Å²) in [4.78, 5) is 19.5. The first-order valence-electron chi connectivity index (χ1n) is 12.7. The van der Waals surface area contributed by atoms with E-state index in [2.05, 4.69) is 9.97 Å². The Morgan fingerprint density at radius 3 is 2.59 bits per heavy atom. The highest BCUT2D eigenvalue weighted by atomic mass is 35.5. The van der Waals surface area contributed by atoms with Crippen LogP contribution in [-0.2, 0) is 4.79 Å². The molecular formula is C29H24ClF4N3O3S. The summed E-state index contributed by atoms with van der Waals surface area (Å²) in [6, 6.07) is 8.13. The fraction of sp³-hybridized carbons (Fsp3) is 0.276. The van der Waals surface area contributed by atoms with Crippen LogP contribution in [-0.4, -0.2) is 33.3 Å². The fourth-order valence-electron chi connectivity index (χ4n) is 5.00. The van der Waals surface area contributed by atoms with E-state index in [0.29, 0.717) is 35.0 Å². The highest BCUT2D eigenvalue weighted by Gasteiger charge is 2.45. The van der Waals surface area contributed by atoms with E-state index in [1.807, 2.05) is 11.5 Å². The molecule has 0 amide bonds. The first-order valence-corrected chi connectivity index (χ1v) is 14.0. The molecule has 0 saturated carbocycles. The highest BCUT2D eigenvalue weighted by molar-refractivity contribution is 7.17. The van der Waals surface area contributed by atoms with Crippen molar-refractivity contribution in [3.05, 3.63) is 82.2 Å². The van der Waals surface area contributed by atoms with Gasteiger partial charge in [-0.3, -0.25) is 4.79 Å². The van der Waals surface area contributed by atoms with Gasteiger partial charge in [-0.15, -0.1) is 11.3 Å². The molecule has 41 heavy (non-hydrogen) atoms. The number of benzene rings is 2. The average Bonchev–Trinajstić information content (AvgIpc) is 3.37. The number of carboxylic acid groups (broad SMARTS) is 1. The Labute approximate surface area is 241 Å². The van der Waals surface area contributed by atoms with E-state index in [9.17, 15) is 22.4 Å². The zero-order valence-electron chi connectivity index (χ0n) is 21.4.